The van der Waals surface area contributed by atoms with E-state index in [1.165, 1.54) is 10.6 Å². The van der Waals surface area contributed by atoms with Crippen LogP contribution in [-0.4, -0.2) is 9.55 Å². The van der Waals surface area contributed by atoms with Gasteiger partial charge in [-0.3, -0.25) is 4.79 Å². The predicted octanol–water partition coefficient (Wildman–Crippen LogP) is 3.11. The van der Waals surface area contributed by atoms with Crippen LogP contribution in [0.4, 0.5) is 10.2 Å². The van der Waals surface area contributed by atoms with E-state index in [2.05, 4.69) is 10.3 Å². The molecule has 25 heavy (non-hydrogen) atoms. The zero-order valence-corrected chi connectivity index (χ0v) is 13.8. The normalized spacial score (nSPS) is 10.5. The average Bonchev–Trinajstić information content (AvgIpc) is 2.63. The molecule has 0 saturated heterocycles. The van der Waals surface area contributed by atoms with Gasteiger partial charge in [0.05, 0.1) is 0 Å². The molecule has 0 aliphatic rings. The third-order valence-corrected chi connectivity index (χ3v) is 3.75. The number of ether oxygens (including phenoxy) is 1. The maximum atomic E-state index is 13.6. The highest BCUT2D eigenvalue weighted by Crippen LogP contribution is 2.16. The zero-order valence-electron chi connectivity index (χ0n) is 13.8. The molecule has 1 heterocycles. The lowest BCUT2D eigenvalue weighted by Crippen LogP contribution is -2.21. The summed E-state index contributed by atoms with van der Waals surface area (Å²) in [5.41, 5.74) is 1.32. The number of benzene rings is 2. The Morgan fingerprint density at radius 2 is 1.92 bits per heavy atom. The van der Waals surface area contributed by atoms with Gasteiger partial charge in [0, 0.05) is 31.5 Å². The van der Waals surface area contributed by atoms with Crippen molar-refractivity contribution in [2.45, 2.75) is 13.2 Å². The van der Waals surface area contributed by atoms with Crippen molar-refractivity contribution in [1.82, 2.24) is 9.55 Å². The number of anilines is 1. The number of hydrogen-bond acceptors (Lipinski definition) is 4. The van der Waals surface area contributed by atoms with Crippen molar-refractivity contribution in [2.24, 2.45) is 7.05 Å². The quantitative estimate of drug-likeness (QED) is 0.750. The van der Waals surface area contributed by atoms with E-state index in [1.807, 2.05) is 24.3 Å². The van der Waals surface area contributed by atoms with Crippen LogP contribution in [0.5, 0.6) is 5.75 Å². The lowest BCUT2D eigenvalue weighted by Gasteiger charge is -2.09. The highest BCUT2D eigenvalue weighted by molar-refractivity contribution is 5.34. The second-order valence-electron chi connectivity index (χ2n) is 5.57. The summed E-state index contributed by atoms with van der Waals surface area (Å²) in [6.45, 7) is 0.647. The number of rotatable bonds is 6. The summed E-state index contributed by atoms with van der Waals surface area (Å²) in [6, 6.07) is 13.9. The van der Waals surface area contributed by atoms with Crippen LogP contribution in [0.3, 0.4) is 0 Å². The van der Waals surface area contributed by atoms with Crippen LogP contribution in [0, 0.1) is 5.82 Å². The van der Waals surface area contributed by atoms with E-state index < -0.39 is 0 Å². The Labute approximate surface area is 144 Å². The first kappa shape index (κ1) is 16.7. The summed E-state index contributed by atoms with van der Waals surface area (Å²) in [5.74, 6) is 0.686. The molecule has 0 bridgehead atoms. The van der Waals surface area contributed by atoms with Gasteiger partial charge in [-0.05, 0) is 23.8 Å². The van der Waals surface area contributed by atoms with E-state index in [0.29, 0.717) is 23.7 Å². The molecule has 0 radical (unpaired) electrons. The number of aryl methyl sites for hydroxylation is 1. The molecule has 0 saturated carbocycles. The monoisotopic (exact) mass is 339 g/mol. The minimum Gasteiger partial charge on any atom is -0.489 e. The van der Waals surface area contributed by atoms with E-state index in [-0.39, 0.29) is 18.0 Å². The van der Waals surface area contributed by atoms with Crippen molar-refractivity contribution in [3.8, 4) is 5.75 Å². The highest BCUT2D eigenvalue weighted by atomic mass is 19.1. The average molecular weight is 339 g/mol. The van der Waals surface area contributed by atoms with Crippen LogP contribution in [0.1, 0.15) is 11.1 Å². The molecular formula is C19H18FN3O2. The van der Waals surface area contributed by atoms with Crippen molar-refractivity contribution >= 4 is 5.82 Å². The molecule has 0 atom stereocenters. The summed E-state index contributed by atoms with van der Waals surface area (Å²) in [6.07, 6.45) is 3.18. The molecule has 0 unspecified atom stereocenters. The molecule has 5 nitrogen and oxygen atoms in total. The Morgan fingerprint density at radius 3 is 2.68 bits per heavy atom. The molecule has 1 N–H and O–H groups in total. The number of hydrogen-bond donors (Lipinski definition) is 1. The zero-order chi connectivity index (χ0) is 17.6. The minimum absolute atomic E-state index is 0.174. The van der Waals surface area contributed by atoms with Crippen molar-refractivity contribution in [1.29, 1.82) is 0 Å². The van der Waals surface area contributed by atoms with Gasteiger partial charge >= 0.3 is 0 Å². The number of nitrogens with one attached hydrogen (secondary N) is 1. The Bertz CT molecular complexity index is 907. The third kappa shape index (κ3) is 4.23. The maximum Gasteiger partial charge on any atom is 0.293 e. The first-order valence-electron chi connectivity index (χ1n) is 7.84. The minimum atomic E-state index is -0.278. The Morgan fingerprint density at radius 1 is 1.16 bits per heavy atom. The van der Waals surface area contributed by atoms with Gasteiger partial charge in [-0.1, -0.05) is 30.3 Å². The van der Waals surface area contributed by atoms with Gasteiger partial charge < -0.3 is 14.6 Å². The molecule has 3 aromatic rings. The Kier molecular flexibility index (Phi) is 5.09. The smallest absolute Gasteiger partial charge is 0.293 e. The lowest BCUT2D eigenvalue weighted by atomic mass is 10.2. The third-order valence-electron chi connectivity index (χ3n) is 3.75. The number of aromatic nitrogens is 2. The molecule has 0 aliphatic carbocycles. The van der Waals surface area contributed by atoms with Crippen molar-refractivity contribution in [3.63, 3.8) is 0 Å². The van der Waals surface area contributed by atoms with Gasteiger partial charge in [-0.15, -0.1) is 0 Å². The molecule has 3 rings (SSSR count). The molecule has 0 amide bonds. The summed E-state index contributed by atoms with van der Waals surface area (Å²) < 4.78 is 20.6. The molecule has 0 fully saturated rings. The first-order valence-corrected chi connectivity index (χ1v) is 7.84. The standard InChI is InChI=1S/C19H18FN3O2/c1-23-11-10-21-18(19(23)24)22-12-14-6-8-16(9-7-14)25-13-15-4-2-3-5-17(15)20/h2-11H,12-13H2,1H3,(H,21,22). The van der Waals surface area contributed by atoms with E-state index >= 15 is 0 Å². The van der Waals surface area contributed by atoms with Crippen LogP contribution < -0.4 is 15.6 Å². The molecule has 2 aromatic carbocycles. The summed E-state index contributed by atoms with van der Waals surface area (Å²) >= 11 is 0. The van der Waals surface area contributed by atoms with Crippen LogP contribution in [0.2, 0.25) is 0 Å². The van der Waals surface area contributed by atoms with Crippen molar-refractivity contribution in [2.75, 3.05) is 5.32 Å². The summed E-state index contributed by atoms with van der Waals surface area (Å²) in [4.78, 5) is 15.9. The fourth-order valence-electron chi connectivity index (χ4n) is 2.28. The van der Waals surface area contributed by atoms with Crippen LogP contribution in [-0.2, 0) is 20.2 Å². The predicted molar refractivity (Wildman–Crippen MR) is 94.0 cm³/mol. The number of nitrogens with zero attached hydrogens (tertiary/aromatic N) is 2. The van der Waals surface area contributed by atoms with Gasteiger partial charge in [0.2, 0.25) is 0 Å². The van der Waals surface area contributed by atoms with E-state index in [0.717, 1.165) is 5.56 Å². The molecule has 1 aromatic heterocycles. The van der Waals surface area contributed by atoms with Crippen LogP contribution in [0.25, 0.3) is 0 Å². The van der Waals surface area contributed by atoms with Crippen molar-refractivity contribution in [3.05, 3.63) is 88.2 Å². The molecule has 128 valence electrons. The van der Waals surface area contributed by atoms with Crippen LogP contribution >= 0.6 is 0 Å². The molecule has 0 aliphatic heterocycles. The fraction of sp³-hybridized carbons (Fsp3) is 0.158. The maximum absolute atomic E-state index is 13.6. The Hall–Kier alpha value is -3.15. The Balaban J connectivity index is 1.58. The molecule has 6 heteroatoms. The van der Waals surface area contributed by atoms with Gasteiger partial charge in [-0.2, -0.15) is 0 Å². The van der Waals surface area contributed by atoms with E-state index in [9.17, 15) is 9.18 Å². The number of halogens is 1. The SMILES string of the molecule is Cn1ccnc(NCc2ccc(OCc3ccccc3F)cc2)c1=O. The first-order chi connectivity index (χ1) is 12.1. The second-order valence-corrected chi connectivity index (χ2v) is 5.57. The molecular weight excluding hydrogens is 321 g/mol. The van der Waals surface area contributed by atoms with Gasteiger partial charge in [0.15, 0.2) is 5.82 Å². The molecule has 0 spiro atoms. The second kappa shape index (κ2) is 7.61. The highest BCUT2D eigenvalue weighted by Gasteiger charge is 2.04. The topological polar surface area (TPSA) is 56.1 Å². The van der Waals surface area contributed by atoms with Gasteiger partial charge in [0.1, 0.15) is 18.2 Å². The largest absolute Gasteiger partial charge is 0.489 e. The van der Waals surface area contributed by atoms with Crippen LogP contribution in [0.15, 0.2) is 65.7 Å². The summed E-state index contributed by atoms with van der Waals surface area (Å²) in [7, 11) is 1.68. The lowest BCUT2D eigenvalue weighted by molar-refractivity contribution is 0.300. The van der Waals surface area contributed by atoms with Gasteiger partial charge in [0.25, 0.3) is 5.56 Å². The fourth-order valence-corrected chi connectivity index (χ4v) is 2.28. The summed E-state index contributed by atoms with van der Waals surface area (Å²) in [5, 5.41) is 3.02. The van der Waals surface area contributed by atoms with E-state index in [4.69, 9.17) is 4.74 Å². The van der Waals surface area contributed by atoms with Crippen molar-refractivity contribution < 1.29 is 9.13 Å². The van der Waals surface area contributed by atoms with Gasteiger partial charge in [-0.25, -0.2) is 9.37 Å². The van der Waals surface area contributed by atoms with E-state index in [1.54, 1.807) is 37.6 Å².